The molecular formula is C16H18N4O2S. The third kappa shape index (κ3) is 3.19. The summed E-state index contributed by atoms with van der Waals surface area (Å²) in [5.41, 5.74) is 3.13. The van der Waals surface area contributed by atoms with Crippen molar-refractivity contribution >= 4 is 26.7 Å². The first-order chi connectivity index (χ1) is 10.8. The zero-order valence-electron chi connectivity index (χ0n) is 13.2. The van der Waals surface area contributed by atoms with Crippen molar-refractivity contribution in [2.75, 3.05) is 11.0 Å². The normalized spacial score (nSPS) is 12.0. The number of hydrogen-bond donors (Lipinski definition) is 1. The summed E-state index contributed by atoms with van der Waals surface area (Å²) in [6, 6.07) is 9.42. The lowest BCUT2D eigenvalue weighted by Crippen LogP contribution is -2.09. The highest BCUT2D eigenvalue weighted by Crippen LogP contribution is 2.29. The van der Waals surface area contributed by atoms with Gasteiger partial charge in [0.15, 0.2) is 0 Å². The Kier molecular flexibility index (Phi) is 3.81. The quantitative estimate of drug-likeness (QED) is 0.797. The average molecular weight is 330 g/mol. The molecule has 2 aromatic heterocycles. The van der Waals surface area contributed by atoms with Gasteiger partial charge in [0, 0.05) is 24.0 Å². The molecule has 120 valence electrons. The molecule has 0 radical (unpaired) electrons. The van der Waals surface area contributed by atoms with E-state index in [9.17, 15) is 8.42 Å². The van der Waals surface area contributed by atoms with Gasteiger partial charge in [-0.05, 0) is 44.2 Å². The molecule has 0 atom stereocenters. The second-order valence-corrected chi connectivity index (χ2v) is 7.47. The summed E-state index contributed by atoms with van der Waals surface area (Å²) < 4.78 is 27.4. The predicted molar refractivity (Wildman–Crippen MR) is 91.8 cm³/mol. The van der Waals surface area contributed by atoms with E-state index in [1.807, 2.05) is 18.2 Å². The zero-order chi connectivity index (χ0) is 16.6. The fraction of sp³-hybridized carbons (Fsp3) is 0.250. The number of sulfonamides is 1. The molecule has 2 heterocycles. The van der Waals surface area contributed by atoms with E-state index in [2.05, 4.69) is 33.1 Å². The largest absolute Gasteiger partial charge is 0.321 e. The number of nitrogens with zero attached hydrogens (tertiary/aromatic N) is 3. The molecule has 3 aromatic rings. The number of nitrogens with one attached hydrogen (secondary N) is 1. The molecule has 3 rings (SSSR count). The molecule has 0 saturated carbocycles. The van der Waals surface area contributed by atoms with Gasteiger partial charge in [0.05, 0.1) is 23.0 Å². The molecule has 0 aliphatic heterocycles. The van der Waals surface area contributed by atoms with Gasteiger partial charge in [0.2, 0.25) is 10.0 Å². The Hall–Kier alpha value is -2.41. The monoisotopic (exact) mass is 330 g/mol. The maximum absolute atomic E-state index is 11.4. The SMILES string of the molecule is CC(C)n1c(-c2cccnc2)nc2cc(NS(C)(=O)=O)ccc21. The van der Waals surface area contributed by atoms with Crippen LogP contribution in [-0.2, 0) is 10.0 Å². The van der Waals surface area contributed by atoms with E-state index < -0.39 is 10.0 Å². The molecule has 0 spiro atoms. The topological polar surface area (TPSA) is 76.9 Å². The summed E-state index contributed by atoms with van der Waals surface area (Å²) in [6.07, 6.45) is 4.63. The molecule has 0 unspecified atom stereocenters. The smallest absolute Gasteiger partial charge is 0.229 e. The molecule has 6 nitrogen and oxygen atoms in total. The number of benzene rings is 1. The lowest BCUT2D eigenvalue weighted by Gasteiger charge is -2.13. The van der Waals surface area contributed by atoms with Crippen LogP contribution in [0, 0.1) is 0 Å². The van der Waals surface area contributed by atoms with E-state index in [4.69, 9.17) is 0 Å². The highest BCUT2D eigenvalue weighted by Gasteiger charge is 2.15. The van der Waals surface area contributed by atoms with Crippen molar-refractivity contribution in [1.82, 2.24) is 14.5 Å². The van der Waals surface area contributed by atoms with Crippen LogP contribution >= 0.6 is 0 Å². The highest BCUT2D eigenvalue weighted by atomic mass is 32.2. The van der Waals surface area contributed by atoms with Gasteiger partial charge < -0.3 is 4.57 Å². The van der Waals surface area contributed by atoms with E-state index in [0.29, 0.717) is 5.69 Å². The summed E-state index contributed by atoms with van der Waals surface area (Å²) in [4.78, 5) is 8.84. The van der Waals surface area contributed by atoms with E-state index in [-0.39, 0.29) is 6.04 Å². The van der Waals surface area contributed by atoms with Gasteiger partial charge in [-0.15, -0.1) is 0 Å². The number of pyridine rings is 1. The molecule has 0 amide bonds. The average Bonchev–Trinajstić information content (AvgIpc) is 2.85. The van der Waals surface area contributed by atoms with Crippen molar-refractivity contribution in [1.29, 1.82) is 0 Å². The minimum Gasteiger partial charge on any atom is -0.321 e. The maximum atomic E-state index is 11.4. The van der Waals surface area contributed by atoms with Crippen LogP contribution in [0.15, 0.2) is 42.7 Å². The van der Waals surface area contributed by atoms with Crippen molar-refractivity contribution in [3.63, 3.8) is 0 Å². The minimum atomic E-state index is -3.31. The van der Waals surface area contributed by atoms with Gasteiger partial charge in [-0.25, -0.2) is 13.4 Å². The molecule has 1 aromatic carbocycles. The van der Waals surface area contributed by atoms with E-state index >= 15 is 0 Å². The standard InChI is InChI=1S/C16H18N4O2S/c1-11(2)20-15-7-6-13(19-23(3,21)22)9-14(15)18-16(20)12-5-4-8-17-10-12/h4-11,19H,1-3H3. The van der Waals surface area contributed by atoms with E-state index in [1.54, 1.807) is 24.5 Å². The molecule has 0 saturated heterocycles. The summed E-state index contributed by atoms with van der Waals surface area (Å²) >= 11 is 0. The first-order valence-corrected chi connectivity index (χ1v) is 9.14. The Morgan fingerprint density at radius 1 is 1.22 bits per heavy atom. The Labute approximate surface area is 135 Å². The van der Waals surface area contributed by atoms with E-state index in [1.165, 1.54) is 0 Å². The third-order valence-corrected chi connectivity index (χ3v) is 4.04. The van der Waals surface area contributed by atoms with Crippen LogP contribution in [0.1, 0.15) is 19.9 Å². The molecule has 0 fully saturated rings. The fourth-order valence-electron chi connectivity index (χ4n) is 2.60. The Morgan fingerprint density at radius 3 is 2.61 bits per heavy atom. The van der Waals surface area contributed by atoms with Crippen LogP contribution in [0.3, 0.4) is 0 Å². The summed E-state index contributed by atoms with van der Waals surface area (Å²) in [6.45, 7) is 4.17. The van der Waals surface area contributed by atoms with Crippen LogP contribution < -0.4 is 4.72 Å². The van der Waals surface area contributed by atoms with Gasteiger partial charge in [0.1, 0.15) is 5.82 Å². The Bertz CT molecular complexity index is 947. The van der Waals surface area contributed by atoms with Crippen molar-refractivity contribution in [3.05, 3.63) is 42.7 Å². The summed E-state index contributed by atoms with van der Waals surface area (Å²) in [7, 11) is -3.31. The van der Waals surface area contributed by atoms with Crippen LogP contribution in [0.5, 0.6) is 0 Å². The molecule has 7 heteroatoms. The molecule has 23 heavy (non-hydrogen) atoms. The van der Waals surface area contributed by atoms with Crippen LogP contribution in [0.2, 0.25) is 0 Å². The zero-order valence-corrected chi connectivity index (χ0v) is 14.0. The lowest BCUT2D eigenvalue weighted by atomic mass is 10.2. The Balaban J connectivity index is 2.19. The van der Waals surface area contributed by atoms with Gasteiger partial charge in [-0.2, -0.15) is 0 Å². The minimum absolute atomic E-state index is 0.212. The van der Waals surface area contributed by atoms with Crippen LogP contribution in [0.25, 0.3) is 22.4 Å². The maximum Gasteiger partial charge on any atom is 0.229 e. The highest BCUT2D eigenvalue weighted by molar-refractivity contribution is 7.92. The summed E-state index contributed by atoms with van der Waals surface area (Å²) in [5, 5.41) is 0. The first kappa shape index (κ1) is 15.5. The first-order valence-electron chi connectivity index (χ1n) is 7.25. The van der Waals surface area contributed by atoms with Crippen LogP contribution in [-0.4, -0.2) is 29.2 Å². The van der Waals surface area contributed by atoms with E-state index in [0.717, 1.165) is 28.7 Å². The number of aromatic nitrogens is 3. The lowest BCUT2D eigenvalue weighted by molar-refractivity contribution is 0.607. The second-order valence-electron chi connectivity index (χ2n) is 5.72. The van der Waals surface area contributed by atoms with Gasteiger partial charge >= 0.3 is 0 Å². The summed E-state index contributed by atoms with van der Waals surface area (Å²) in [5.74, 6) is 0.819. The van der Waals surface area contributed by atoms with Crippen molar-refractivity contribution in [2.24, 2.45) is 0 Å². The fourth-order valence-corrected chi connectivity index (χ4v) is 3.15. The van der Waals surface area contributed by atoms with Crippen molar-refractivity contribution < 1.29 is 8.42 Å². The second kappa shape index (κ2) is 5.66. The van der Waals surface area contributed by atoms with Gasteiger partial charge in [0.25, 0.3) is 0 Å². The van der Waals surface area contributed by atoms with Gasteiger partial charge in [-0.1, -0.05) is 0 Å². The van der Waals surface area contributed by atoms with Crippen molar-refractivity contribution in [3.8, 4) is 11.4 Å². The van der Waals surface area contributed by atoms with Crippen molar-refractivity contribution in [2.45, 2.75) is 19.9 Å². The number of anilines is 1. The molecule has 0 aliphatic rings. The van der Waals surface area contributed by atoms with Crippen LogP contribution in [0.4, 0.5) is 5.69 Å². The number of imidazole rings is 1. The molecule has 0 bridgehead atoms. The van der Waals surface area contributed by atoms with Gasteiger partial charge in [-0.3, -0.25) is 9.71 Å². The molecule has 0 aliphatic carbocycles. The molecular weight excluding hydrogens is 312 g/mol. The number of fused-ring (bicyclic) bond motifs is 1. The molecule has 1 N–H and O–H groups in total. The predicted octanol–water partition coefficient (Wildman–Crippen LogP) is 3.05. The third-order valence-electron chi connectivity index (χ3n) is 3.43. The number of hydrogen-bond acceptors (Lipinski definition) is 4. The Morgan fingerprint density at radius 2 is 2.00 bits per heavy atom. The number of rotatable bonds is 4.